The van der Waals surface area contributed by atoms with Crippen LogP contribution in [-0.4, -0.2) is 21.5 Å². The largest absolute Gasteiger partial charge is 0.351 e. The van der Waals surface area contributed by atoms with Crippen LogP contribution in [0.15, 0.2) is 59.3 Å². The van der Waals surface area contributed by atoms with Crippen LogP contribution in [0, 0.1) is 13.8 Å². The average Bonchev–Trinajstić information content (AvgIpc) is 3.13. The second-order valence-corrected chi connectivity index (χ2v) is 6.82. The van der Waals surface area contributed by atoms with E-state index >= 15 is 0 Å². The van der Waals surface area contributed by atoms with E-state index in [1.54, 1.807) is 0 Å². The number of aromatic amines is 1. The number of hydrogen-bond acceptors (Lipinski definition) is 4. The predicted molar refractivity (Wildman–Crippen MR) is 105 cm³/mol. The Kier molecular flexibility index (Phi) is 4.16. The maximum atomic E-state index is 12.9. The van der Waals surface area contributed by atoms with Crippen LogP contribution in [0.4, 0.5) is 5.69 Å². The van der Waals surface area contributed by atoms with Gasteiger partial charge >= 0.3 is 0 Å². The van der Waals surface area contributed by atoms with Crippen LogP contribution >= 0.6 is 11.6 Å². The van der Waals surface area contributed by atoms with Gasteiger partial charge in [-0.2, -0.15) is 0 Å². The number of ketones is 2. The lowest BCUT2D eigenvalue weighted by atomic mass is 10.0. The fourth-order valence-corrected chi connectivity index (χ4v) is 3.18. The molecule has 0 atom stereocenters. The van der Waals surface area contributed by atoms with E-state index in [1.165, 1.54) is 0 Å². The Morgan fingerprint density at radius 2 is 1.70 bits per heavy atom. The first kappa shape index (κ1) is 17.2. The SMILES string of the molecule is Cc1ccc(NC2=C(Cl)C(=O)c3[nH]c(-c4ccccc4)nc3C2=O)cc1C. The first-order chi connectivity index (χ1) is 13.0. The summed E-state index contributed by atoms with van der Waals surface area (Å²) in [6.45, 7) is 3.98. The highest BCUT2D eigenvalue weighted by molar-refractivity contribution is 6.50. The third kappa shape index (κ3) is 2.96. The Labute approximate surface area is 161 Å². The molecule has 0 fully saturated rings. The molecule has 0 amide bonds. The summed E-state index contributed by atoms with van der Waals surface area (Å²) in [5, 5.41) is 2.85. The highest BCUT2D eigenvalue weighted by atomic mass is 35.5. The number of anilines is 1. The van der Waals surface area contributed by atoms with Gasteiger partial charge in [-0.25, -0.2) is 4.98 Å². The number of H-pyrrole nitrogens is 1. The summed E-state index contributed by atoms with van der Waals surface area (Å²) in [6.07, 6.45) is 0. The minimum absolute atomic E-state index is 0.0449. The Hall–Kier alpha value is -3.18. The quantitative estimate of drug-likeness (QED) is 0.697. The lowest BCUT2D eigenvalue weighted by Crippen LogP contribution is -2.24. The molecule has 5 nitrogen and oxygen atoms in total. The van der Waals surface area contributed by atoms with Gasteiger partial charge in [-0.15, -0.1) is 0 Å². The van der Waals surface area contributed by atoms with Crippen molar-refractivity contribution in [2.45, 2.75) is 13.8 Å². The zero-order valence-electron chi connectivity index (χ0n) is 14.8. The van der Waals surface area contributed by atoms with E-state index in [-0.39, 0.29) is 22.1 Å². The number of Topliss-reactive ketones (excluding diaryl/α,β-unsaturated/α-hetero) is 2. The van der Waals surface area contributed by atoms with Crippen molar-refractivity contribution in [3.63, 3.8) is 0 Å². The van der Waals surface area contributed by atoms with Crippen molar-refractivity contribution in [3.8, 4) is 11.4 Å². The number of carbonyl (C=O) groups is 2. The number of aromatic nitrogens is 2. The van der Waals surface area contributed by atoms with Crippen LogP contribution in [0.5, 0.6) is 0 Å². The number of hydrogen-bond donors (Lipinski definition) is 2. The maximum absolute atomic E-state index is 12.9. The van der Waals surface area contributed by atoms with Crippen LogP contribution < -0.4 is 5.32 Å². The summed E-state index contributed by atoms with van der Waals surface area (Å²) in [4.78, 5) is 32.9. The van der Waals surface area contributed by atoms with Gasteiger partial charge < -0.3 is 10.3 Å². The van der Waals surface area contributed by atoms with Gasteiger partial charge in [0, 0.05) is 11.3 Å². The van der Waals surface area contributed by atoms with Crippen molar-refractivity contribution >= 4 is 28.9 Å². The van der Waals surface area contributed by atoms with Gasteiger partial charge in [0.2, 0.25) is 11.6 Å². The predicted octanol–water partition coefficient (Wildman–Crippen LogP) is 4.64. The molecule has 1 aliphatic rings. The molecule has 0 unspecified atom stereocenters. The zero-order chi connectivity index (χ0) is 19.1. The van der Waals surface area contributed by atoms with Gasteiger partial charge in [-0.3, -0.25) is 9.59 Å². The first-order valence-corrected chi connectivity index (χ1v) is 8.82. The molecule has 1 aliphatic carbocycles. The van der Waals surface area contributed by atoms with Crippen molar-refractivity contribution in [2.24, 2.45) is 0 Å². The van der Waals surface area contributed by atoms with E-state index in [0.717, 1.165) is 16.7 Å². The Morgan fingerprint density at radius 1 is 0.963 bits per heavy atom. The number of aryl methyl sites for hydroxylation is 2. The topological polar surface area (TPSA) is 74.8 Å². The summed E-state index contributed by atoms with van der Waals surface area (Å²) in [5.41, 5.74) is 3.92. The molecule has 0 spiro atoms. The van der Waals surface area contributed by atoms with Crippen molar-refractivity contribution in [1.82, 2.24) is 9.97 Å². The first-order valence-electron chi connectivity index (χ1n) is 8.44. The van der Waals surface area contributed by atoms with Crippen LogP contribution in [0.25, 0.3) is 11.4 Å². The molecular weight excluding hydrogens is 362 g/mol. The molecule has 1 heterocycles. The third-order valence-electron chi connectivity index (χ3n) is 4.62. The Bertz CT molecular complexity index is 1110. The van der Waals surface area contributed by atoms with E-state index in [9.17, 15) is 9.59 Å². The zero-order valence-corrected chi connectivity index (χ0v) is 15.5. The van der Waals surface area contributed by atoms with Crippen LogP contribution in [0.3, 0.4) is 0 Å². The summed E-state index contributed by atoms with van der Waals surface area (Å²) >= 11 is 6.23. The molecule has 134 valence electrons. The highest BCUT2D eigenvalue weighted by Gasteiger charge is 2.35. The molecular formula is C21H16ClN3O2. The van der Waals surface area contributed by atoms with Crippen LogP contribution in [0.1, 0.15) is 32.1 Å². The van der Waals surface area contributed by atoms with Crippen molar-refractivity contribution in [3.05, 3.63) is 81.8 Å². The Balaban J connectivity index is 1.73. The van der Waals surface area contributed by atoms with Gasteiger partial charge in [0.15, 0.2) is 0 Å². The summed E-state index contributed by atoms with van der Waals surface area (Å²) in [5.74, 6) is -0.405. The number of imidazole rings is 1. The standard InChI is InChI=1S/C21H16ClN3O2/c1-11-8-9-14(10-12(11)2)23-16-15(22)19(26)17-18(20(16)27)25-21(24-17)13-6-4-3-5-7-13/h3-10,23H,1-2H3,(H,24,25). The highest BCUT2D eigenvalue weighted by Crippen LogP contribution is 2.30. The van der Waals surface area contributed by atoms with Gasteiger partial charge in [0.05, 0.1) is 0 Å². The van der Waals surface area contributed by atoms with E-state index in [0.29, 0.717) is 11.5 Å². The smallest absolute Gasteiger partial charge is 0.231 e. The minimum Gasteiger partial charge on any atom is -0.351 e. The number of halogens is 1. The molecule has 0 bridgehead atoms. The molecule has 27 heavy (non-hydrogen) atoms. The third-order valence-corrected chi connectivity index (χ3v) is 4.98. The molecule has 3 aromatic rings. The number of rotatable bonds is 3. The molecule has 2 N–H and O–H groups in total. The monoisotopic (exact) mass is 377 g/mol. The number of nitrogens with zero attached hydrogens (tertiary/aromatic N) is 1. The lowest BCUT2D eigenvalue weighted by molar-refractivity contribution is 0.0977. The molecule has 0 aliphatic heterocycles. The summed E-state index contributed by atoms with van der Waals surface area (Å²) in [7, 11) is 0. The van der Waals surface area contributed by atoms with Crippen molar-refractivity contribution < 1.29 is 9.59 Å². The number of benzene rings is 2. The minimum atomic E-state index is -0.452. The second-order valence-electron chi connectivity index (χ2n) is 6.45. The fraction of sp³-hybridized carbons (Fsp3) is 0.0952. The summed E-state index contributed by atoms with van der Waals surface area (Å²) in [6, 6.07) is 15.0. The van der Waals surface area contributed by atoms with Gasteiger partial charge in [-0.05, 0) is 37.1 Å². The summed E-state index contributed by atoms with van der Waals surface area (Å²) < 4.78 is 0. The normalized spacial score (nSPS) is 13.7. The number of fused-ring (bicyclic) bond motifs is 1. The maximum Gasteiger partial charge on any atom is 0.231 e. The molecule has 2 aromatic carbocycles. The molecule has 0 radical (unpaired) electrons. The van der Waals surface area contributed by atoms with E-state index < -0.39 is 11.6 Å². The number of nitrogens with one attached hydrogen (secondary N) is 2. The van der Waals surface area contributed by atoms with Crippen molar-refractivity contribution in [2.75, 3.05) is 5.32 Å². The lowest BCUT2D eigenvalue weighted by Gasteiger charge is -2.16. The molecule has 6 heteroatoms. The molecule has 0 saturated heterocycles. The number of allylic oxidation sites excluding steroid dienone is 2. The molecule has 4 rings (SSSR count). The van der Waals surface area contributed by atoms with Crippen LogP contribution in [-0.2, 0) is 0 Å². The van der Waals surface area contributed by atoms with Gasteiger partial charge in [0.25, 0.3) is 0 Å². The Morgan fingerprint density at radius 3 is 2.41 bits per heavy atom. The number of carbonyl (C=O) groups excluding carboxylic acids is 2. The van der Waals surface area contributed by atoms with Crippen molar-refractivity contribution in [1.29, 1.82) is 0 Å². The second kappa shape index (κ2) is 6.52. The van der Waals surface area contributed by atoms with E-state index in [4.69, 9.17) is 11.6 Å². The van der Waals surface area contributed by atoms with E-state index in [1.807, 2.05) is 62.4 Å². The van der Waals surface area contributed by atoms with Gasteiger partial charge in [0.1, 0.15) is 27.9 Å². The van der Waals surface area contributed by atoms with E-state index in [2.05, 4.69) is 15.3 Å². The molecule has 1 aromatic heterocycles. The fourth-order valence-electron chi connectivity index (χ4n) is 2.95. The van der Waals surface area contributed by atoms with Gasteiger partial charge in [-0.1, -0.05) is 48.0 Å². The van der Waals surface area contributed by atoms with Crippen LogP contribution in [0.2, 0.25) is 0 Å². The average molecular weight is 378 g/mol. The molecule has 0 saturated carbocycles.